The molecule has 0 spiro atoms. The van der Waals surface area contributed by atoms with E-state index in [4.69, 9.17) is 5.73 Å². The number of para-hydroxylation sites is 1. The molecular weight excluding hydrogens is 280 g/mol. The summed E-state index contributed by atoms with van der Waals surface area (Å²) in [4.78, 5) is 12.1. The van der Waals surface area contributed by atoms with Crippen molar-refractivity contribution in [3.63, 3.8) is 0 Å². The van der Waals surface area contributed by atoms with Crippen molar-refractivity contribution < 1.29 is 13.2 Å². The van der Waals surface area contributed by atoms with Crippen LogP contribution in [0.1, 0.15) is 10.5 Å². The molecule has 0 aliphatic heterocycles. The van der Waals surface area contributed by atoms with Gasteiger partial charge in [0.2, 0.25) is 0 Å². The SMILES string of the molecule is Cn1cc(N)c(C(=O)Nc2ccccc2S(C)(=O)=O)n1. The van der Waals surface area contributed by atoms with Crippen LogP contribution < -0.4 is 11.1 Å². The standard InChI is InChI=1S/C12H14N4O3S/c1-16-7-8(13)11(15-16)12(17)14-9-5-3-4-6-10(9)20(2,18)19/h3-7H,13H2,1-2H3,(H,14,17). The number of carbonyl (C=O) groups excluding carboxylic acids is 1. The van der Waals surface area contributed by atoms with Gasteiger partial charge in [-0.15, -0.1) is 0 Å². The fraction of sp³-hybridized carbons (Fsp3) is 0.167. The van der Waals surface area contributed by atoms with Crippen molar-refractivity contribution in [2.45, 2.75) is 4.90 Å². The number of aryl methyl sites for hydroxylation is 1. The Hall–Kier alpha value is -2.35. The van der Waals surface area contributed by atoms with Crippen molar-refractivity contribution in [1.82, 2.24) is 9.78 Å². The second-order valence-electron chi connectivity index (χ2n) is 4.33. The third-order valence-electron chi connectivity index (χ3n) is 2.61. The van der Waals surface area contributed by atoms with Gasteiger partial charge in [-0.05, 0) is 12.1 Å². The zero-order valence-electron chi connectivity index (χ0n) is 11.0. The van der Waals surface area contributed by atoms with E-state index in [9.17, 15) is 13.2 Å². The largest absolute Gasteiger partial charge is 0.396 e. The number of sulfone groups is 1. The van der Waals surface area contributed by atoms with Crippen LogP contribution >= 0.6 is 0 Å². The average molecular weight is 294 g/mol. The van der Waals surface area contributed by atoms with Crippen LogP contribution in [0.2, 0.25) is 0 Å². The molecule has 0 fully saturated rings. The van der Waals surface area contributed by atoms with Gasteiger partial charge in [0.05, 0.1) is 16.3 Å². The van der Waals surface area contributed by atoms with Gasteiger partial charge in [0.25, 0.3) is 5.91 Å². The van der Waals surface area contributed by atoms with Gasteiger partial charge in [0.1, 0.15) is 0 Å². The summed E-state index contributed by atoms with van der Waals surface area (Å²) in [5, 5.41) is 6.44. The molecule has 0 aliphatic rings. The van der Waals surface area contributed by atoms with Crippen LogP contribution in [0.15, 0.2) is 35.4 Å². The Morgan fingerprint density at radius 2 is 2.00 bits per heavy atom. The van der Waals surface area contributed by atoms with E-state index in [1.807, 2.05) is 0 Å². The number of nitrogens with one attached hydrogen (secondary N) is 1. The van der Waals surface area contributed by atoms with E-state index < -0.39 is 15.7 Å². The van der Waals surface area contributed by atoms with Crippen LogP contribution in [0.5, 0.6) is 0 Å². The third kappa shape index (κ3) is 2.80. The summed E-state index contributed by atoms with van der Waals surface area (Å²) in [6, 6.07) is 6.15. The van der Waals surface area contributed by atoms with Crippen LogP contribution in [0.25, 0.3) is 0 Å². The maximum atomic E-state index is 12.1. The molecule has 1 aromatic heterocycles. The first-order chi connectivity index (χ1) is 9.29. The molecule has 106 valence electrons. The monoisotopic (exact) mass is 294 g/mol. The van der Waals surface area contributed by atoms with Crippen molar-refractivity contribution in [2.24, 2.45) is 7.05 Å². The second kappa shape index (κ2) is 4.97. The number of nitrogen functional groups attached to an aromatic ring is 1. The molecule has 1 amide bonds. The lowest BCUT2D eigenvalue weighted by Crippen LogP contribution is -2.16. The first kappa shape index (κ1) is 14.1. The molecule has 0 saturated heterocycles. The lowest BCUT2D eigenvalue weighted by atomic mass is 10.3. The second-order valence-corrected chi connectivity index (χ2v) is 6.31. The lowest BCUT2D eigenvalue weighted by Gasteiger charge is -2.08. The fourth-order valence-electron chi connectivity index (χ4n) is 1.76. The Balaban J connectivity index is 2.36. The van der Waals surface area contributed by atoms with Gasteiger partial charge in [-0.2, -0.15) is 5.10 Å². The zero-order chi connectivity index (χ0) is 14.9. The van der Waals surface area contributed by atoms with Gasteiger partial charge in [-0.25, -0.2) is 8.42 Å². The minimum atomic E-state index is -3.44. The molecule has 0 saturated carbocycles. The summed E-state index contributed by atoms with van der Waals surface area (Å²) in [7, 11) is -1.80. The molecule has 2 rings (SSSR count). The number of nitrogens with two attached hydrogens (primary N) is 1. The number of hydrogen-bond donors (Lipinski definition) is 2. The Morgan fingerprint density at radius 3 is 2.55 bits per heavy atom. The van der Waals surface area contributed by atoms with E-state index in [2.05, 4.69) is 10.4 Å². The van der Waals surface area contributed by atoms with Gasteiger partial charge in [0.15, 0.2) is 15.5 Å². The van der Waals surface area contributed by atoms with Crippen molar-refractivity contribution in [1.29, 1.82) is 0 Å². The maximum Gasteiger partial charge on any atom is 0.278 e. The Morgan fingerprint density at radius 1 is 1.35 bits per heavy atom. The summed E-state index contributed by atoms with van der Waals surface area (Å²) in [6.07, 6.45) is 2.57. The normalized spacial score (nSPS) is 11.3. The van der Waals surface area contributed by atoms with Crippen LogP contribution in [-0.2, 0) is 16.9 Å². The van der Waals surface area contributed by atoms with E-state index in [0.29, 0.717) is 0 Å². The fourth-order valence-corrected chi connectivity index (χ4v) is 2.60. The minimum Gasteiger partial charge on any atom is -0.396 e. The Bertz CT molecular complexity index is 765. The minimum absolute atomic E-state index is 0.0443. The Kier molecular flexibility index (Phi) is 3.49. The topological polar surface area (TPSA) is 107 Å². The summed E-state index contributed by atoms with van der Waals surface area (Å²) < 4.78 is 24.7. The van der Waals surface area contributed by atoms with Gasteiger partial charge in [-0.1, -0.05) is 12.1 Å². The summed E-state index contributed by atoms with van der Waals surface area (Å²) in [5.41, 5.74) is 6.13. The van der Waals surface area contributed by atoms with Crippen LogP contribution in [0.4, 0.5) is 11.4 Å². The van der Waals surface area contributed by atoms with E-state index in [1.165, 1.54) is 23.0 Å². The number of anilines is 2. The number of rotatable bonds is 3. The van der Waals surface area contributed by atoms with E-state index in [0.717, 1.165) is 6.26 Å². The molecule has 1 heterocycles. The van der Waals surface area contributed by atoms with Crippen LogP contribution in [0, 0.1) is 0 Å². The van der Waals surface area contributed by atoms with Crippen molar-refractivity contribution in [3.05, 3.63) is 36.2 Å². The van der Waals surface area contributed by atoms with Gasteiger partial charge >= 0.3 is 0 Å². The van der Waals surface area contributed by atoms with Crippen molar-refractivity contribution >= 4 is 27.1 Å². The smallest absolute Gasteiger partial charge is 0.278 e. The summed E-state index contributed by atoms with van der Waals surface area (Å²) >= 11 is 0. The van der Waals surface area contributed by atoms with Crippen LogP contribution in [0.3, 0.4) is 0 Å². The van der Waals surface area contributed by atoms with Crippen molar-refractivity contribution in [3.8, 4) is 0 Å². The first-order valence-corrected chi connectivity index (χ1v) is 7.57. The quantitative estimate of drug-likeness (QED) is 0.864. The maximum absolute atomic E-state index is 12.1. The summed E-state index contributed by atoms with van der Waals surface area (Å²) in [6.45, 7) is 0. The predicted molar refractivity (Wildman–Crippen MR) is 75.1 cm³/mol. The molecule has 8 heteroatoms. The van der Waals surface area contributed by atoms with Gasteiger partial charge < -0.3 is 11.1 Å². The zero-order valence-corrected chi connectivity index (χ0v) is 11.8. The first-order valence-electron chi connectivity index (χ1n) is 5.68. The molecule has 0 unspecified atom stereocenters. The van der Waals surface area contributed by atoms with Crippen LogP contribution in [-0.4, -0.2) is 30.4 Å². The van der Waals surface area contributed by atoms with E-state index in [-0.39, 0.29) is 22.0 Å². The van der Waals surface area contributed by atoms with Gasteiger partial charge in [-0.3, -0.25) is 9.48 Å². The number of hydrogen-bond acceptors (Lipinski definition) is 5. The number of nitrogens with zero attached hydrogens (tertiary/aromatic N) is 2. The highest BCUT2D eigenvalue weighted by Crippen LogP contribution is 2.21. The highest BCUT2D eigenvalue weighted by atomic mass is 32.2. The van der Waals surface area contributed by atoms with Gasteiger partial charge in [0, 0.05) is 19.5 Å². The number of amides is 1. The molecule has 0 aliphatic carbocycles. The molecule has 0 bridgehead atoms. The summed E-state index contributed by atoms with van der Waals surface area (Å²) in [5.74, 6) is -0.556. The molecule has 20 heavy (non-hydrogen) atoms. The number of carbonyl (C=O) groups is 1. The lowest BCUT2D eigenvalue weighted by molar-refractivity contribution is 0.102. The Labute approximate surface area is 116 Å². The van der Waals surface area contributed by atoms with Crippen molar-refractivity contribution in [2.75, 3.05) is 17.3 Å². The molecule has 3 N–H and O–H groups in total. The predicted octanol–water partition coefficient (Wildman–Crippen LogP) is 0.658. The highest BCUT2D eigenvalue weighted by molar-refractivity contribution is 7.90. The van der Waals surface area contributed by atoms with E-state index >= 15 is 0 Å². The molecule has 7 nitrogen and oxygen atoms in total. The molecule has 0 atom stereocenters. The molecule has 0 radical (unpaired) electrons. The highest BCUT2D eigenvalue weighted by Gasteiger charge is 2.18. The third-order valence-corrected chi connectivity index (χ3v) is 3.76. The molecule has 1 aromatic carbocycles. The number of benzene rings is 1. The average Bonchev–Trinajstić information content (AvgIpc) is 2.68. The van der Waals surface area contributed by atoms with E-state index in [1.54, 1.807) is 19.2 Å². The number of aromatic nitrogens is 2. The molecular formula is C12H14N4O3S. The molecule has 2 aromatic rings.